The Morgan fingerprint density at radius 2 is 1.71 bits per heavy atom. The van der Waals surface area contributed by atoms with E-state index in [4.69, 9.17) is 0 Å². The van der Waals surface area contributed by atoms with E-state index < -0.39 is 0 Å². The van der Waals surface area contributed by atoms with Crippen LogP contribution in [0.1, 0.15) is 58.3 Å². The SMILES string of the molecule is CCCCCCNC(=O)CN1C(=O)C2CCCCC2C1=O. The van der Waals surface area contributed by atoms with Gasteiger partial charge < -0.3 is 5.32 Å². The molecule has 1 aliphatic carbocycles. The van der Waals surface area contributed by atoms with Crippen LogP contribution >= 0.6 is 0 Å². The zero-order chi connectivity index (χ0) is 15.2. The molecule has 2 aliphatic rings. The average Bonchev–Trinajstić information content (AvgIpc) is 2.73. The van der Waals surface area contributed by atoms with Gasteiger partial charge in [0.15, 0.2) is 0 Å². The summed E-state index contributed by atoms with van der Waals surface area (Å²) in [5, 5.41) is 2.81. The number of amides is 3. The van der Waals surface area contributed by atoms with Gasteiger partial charge in [-0.25, -0.2) is 0 Å². The molecule has 2 atom stereocenters. The van der Waals surface area contributed by atoms with Crippen LogP contribution in [0.4, 0.5) is 0 Å². The summed E-state index contributed by atoms with van der Waals surface area (Å²) >= 11 is 0. The van der Waals surface area contributed by atoms with E-state index in [1.807, 2.05) is 0 Å². The molecule has 3 amide bonds. The monoisotopic (exact) mass is 294 g/mol. The van der Waals surface area contributed by atoms with E-state index >= 15 is 0 Å². The largest absolute Gasteiger partial charge is 0.355 e. The van der Waals surface area contributed by atoms with E-state index in [0.29, 0.717) is 6.54 Å². The predicted octanol–water partition coefficient (Wildman–Crippen LogP) is 1.86. The molecule has 1 heterocycles. The van der Waals surface area contributed by atoms with Gasteiger partial charge >= 0.3 is 0 Å². The number of imide groups is 1. The number of unbranched alkanes of at least 4 members (excludes halogenated alkanes) is 3. The summed E-state index contributed by atoms with van der Waals surface area (Å²) < 4.78 is 0. The quantitative estimate of drug-likeness (QED) is 0.575. The molecule has 1 saturated heterocycles. The summed E-state index contributed by atoms with van der Waals surface area (Å²) in [6.07, 6.45) is 8.00. The lowest BCUT2D eigenvalue weighted by atomic mass is 9.81. The van der Waals surface area contributed by atoms with Crippen molar-refractivity contribution in [3.8, 4) is 0 Å². The maximum absolute atomic E-state index is 12.2. The van der Waals surface area contributed by atoms with Crippen LogP contribution in [0.15, 0.2) is 0 Å². The van der Waals surface area contributed by atoms with E-state index in [1.54, 1.807) is 0 Å². The Labute approximate surface area is 126 Å². The number of nitrogens with zero attached hydrogens (tertiary/aromatic N) is 1. The van der Waals surface area contributed by atoms with Crippen molar-refractivity contribution in [2.45, 2.75) is 58.3 Å². The lowest BCUT2D eigenvalue weighted by Crippen LogP contribution is -2.41. The summed E-state index contributed by atoms with van der Waals surface area (Å²) in [5.41, 5.74) is 0. The molecule has 0 aromatic rings. The molecule has 0 aromatic carbocycles. The summed E-state index contributed by atoms with van der Waals surface area (Å²) in [4.78, 5) is 37.5. The molecular formula is C16H26N2O3. The maximum Gasteiger partial charge on any atom is 0.240 e. The van der Waals surface area contributed by atoms with Gasteiger partial charge in [0.25, 0.3) is 0 Å². The third-order valence-electron chi connectivity index (χ3n) is 4.59. The number of carbonyl (C=O) groups excluding carboxylic acids is 3. The predicted molar refractivity (Wildman–Crippen MR) is 79.3 cm³/mol. The fourth-order valence-electron chi connectivity index (χ4n) is 3.37. The van der Waals surface area contributed by atoms with Crippen molar-refractivity contribution in [2.75, 3.05) is 13.1 Å². The third kappa shape index (κ3) is 3.83. The van der Waals surface area contributed by atoms with Gasteiger partial charge in [-0.15, -0.1) is 0 Å². The fourth-order valence-corrected chi connectivity index (χ4v) is 3.37. The number of hydrogen-bond acceptors (Lipinski definition) is 3. The normalized spacial score (nSPS) is 25.1. The molecule has 5 heteroatoms. The second-order valence-corrected chi connectivity index (χ2v) is 6.17. The minimum Gasteiger partial charge on any atom is -0.355 e. The molecule has 0 bridgehead atoms. The second kappa shape index (κ2) is 7.57. The van der Waals surface area contributed by atoms with Crippen molar-refractivity contribution in [2.24, 2.45) is 11.8 Å². The summed E-state index contributed by atoms with van der Waals surface area (Å²) in [6.45, 7) is 2.67. The Balaban J connectivity index is 1.78. The zero-order valence-corrected chi connectivity index (χ0v) is 12.9. The molecule has 5 nitrogen and oxygen atoms in total. The van der Waals surface area contributed by atoms with Crippen LogP contribution in [0.2, 0.25) is 0 Å². The third-order valence-corrected chi connectivity index (χ3v) is 4.59. The first kappa shape index (κ1) is 16.0. The number of rotatable bonds is 7. The van der Waals surface area contributed by atoms with Crippen LogP contribution in [0, 0.1) is 11.8 Å². The van der Waals surface area contributed by atoms with Gasteiger partial charge in [-0.2, -0.15) is 0 Å². The molecular weight excluding hydrogens is 268 g/mol. The first-order valence-electron chi connectivity index (χ1n) is 8.27. The van der Waals surface area contributed by atoms with Crippen LogP contribution in [0.25, 0.3) is 0 Å². The van der Waals surface area contributed by atoms with Gasteiger partial charge in [-0.1, -0.05) is 39.0 Å². The van der Waals surface area contributed by atoms with Crippen molar-refractivity contribution in [3.05, 3.63) is 0 Å². The minimum atomic E-state index is -0.216. The standard InChI is InChI=1S/C16H26N2O3/c1-2-3-4-7-10-17-14(19)11-18-15(20)12-8-5-6-9-13(12)16(18)21/h12-13H,2-11H2,1H3,(H,17,19). The van der Waals surface area contributed by atoms with Crippen LogP contribution in [0.5, 0.6) is 0 Å². The van der Waals surface area contributed by atoms with E-state index in [9.17, 15) is 14.4 Å². The molecule has 0 aromatic heterocycles. The van der Waals surface area contributed by atoms with Gasteiger partial charge in [0.05, 0.1) is 11.8 Å². The number of carbonyl (C=O) groups is 3. The van der Waals surface area contributed by atoms with Gasteiger partial charge in [0, 0.05) is 6.54 Å². The Bertz CT molecular complexity index is 384. The summed E-state index contributed by atoms with van der Waals surface area (Å²) in [6, 6.07) is 0. The highest BCUT2D eigenvalue weighted by molar-refractivity contribution is 6.07. The fraction of sp³-hybridized carbons (Fsp3) is 0.812. The van der Waals surface area contributed by atoms with E-state index in [-0.39, 0.29) is 36.1 Å². The summed E-state index contributed by atoms with van der Waals surface area (Å²) in [7, 11) is 0. The highest BCUT2D eigenvalue weighted by Crippen LogP contribution is 2.37. The van der Waals surface area contributed by atoms with E-state index in [0.717, 1.165) is 44.9 Å². The molecule has 118 valence electrons. The topological polar surface area (TPSA) is 66.5 Å². The molecule has 0 radical (unpaired) electrons. The van der Waals surface area contributed by atoms with Gasteiger partial charge in [0.1, 0.15) is 6.54 Å². The highest BCUT2D eigenvalue weighted by atomic mass is 16.2. The van der Waals surface area contributed by atoms with Crippen LogP contribution in [-0.2, 0) is 14.4 Å². The molecule has 2 fully saturated rings. The van der Waals surface area contributed by atoms with E-state index in [1.165, 1.54) is 11.3 Å². The molecule has 21 heavy (non-hydrogen) atoms. The first-order chi connectivity index (χ1) is 10.1. The number of nitrogens with one attached hydrogen (secondary N) is 1. The Hall–Kier alpha value is -1.39. The van der Waals surface area contributed by atoms with Crippen LogP contribution in [-0.4, -0.2) is 35.7 Å². The Morgan fingerprint density at radius 3 is 2.29 bits per heavy atom. The van der Waals surface area contributed by atoms with Crippen molar-refractivity contribution < 1.29 is 14.4 Å². The molecule has 1 N–H and O–H groups in total. The first-order valence-corrected chi connectivity index (χ1v) is 8.27. The lowest BCUT2D eigenvalue weighted by Gasteiger charge is -2.19. The van der Waals surface area contributed by atoms with Crippen molar-refractivity contribution in [1.82, 2.24) is 10.2 Å². The van der Waals surface area contributed by atoms with Gasteiger partial charge in [-0.05, 0) is 19.3 Å². The van der Waals surface area contributed by atoms with E-state index in [2.05, 4.69) is 12.2 Å². The molecule has 1 aliphatic heterocycles. The minimum absolute atomic E-state index is 0.0988. The molecule has 2 unspecified atom stereocenters. The zero-order valence-electron chi connectivity index (χ0n) is 12.9. The Kier molecular flexibility index (Phi) is 5.76. The average molecular weight is 294 g/mol. The summed E-state index contributed by atoms with van der Waals surface area (Å²) in [5.74, 6) is -0.810. The highest BCUT2D eigenvalue weighted by Gasteiger charge is 2.48. The number of likely N-dealkylation sites (tertiary alicyclic amines) is 1. The van der Waals surface area contributed by atoms with Crippen molar-refractivity contribution in [3.63, 3.8) is 0 Å². The van der Waals surface area contributed by atoms with Gasteiger partial charge in [-0.3, -0.25) is 19.3 Å². The van der Waals surface area contributed by atoms with Crippen LogP contribution < -0.4 is 5.32 Å². The molecule has 0 spiro atoms. The van der Waals surface area contributed by atoms with Gasteiger partial charge in [0.2, 0.25) is 17.7 Å². The molecule has 1 saturated carbocycles. The van der Waals surface area contributed by atoms with Crippen LogP contribution in [0.3, 0.4) is 0 Å². The Morgan fingerprint density at radius 1 is 1.10 bits per heavy atom. The lowest BCUT2D eigenvalue weighted by molar-refractivity contribution is -0.143. The second-order valence-electron chi connectivity index (χ2n) is 6.17. The number of fused-ring (bicyclic) bond motifs is 1. The molecule has 2 rings (SSSR count). The smallest absolute Gasteiger partial charge is 0.240 e. The maximum atomic E-state index is 12.2. The van der Waals surface area contributed by atoms with Crippen molar-refractivity contribution >= 4 is 17.7 Å². The van der Waals surface area contributed by atoms with Crippen molar-refractivity contribution in [1.29, 1.82) is 0 Å². The number of hydrogen-bond donors (Lipinski definition) is 1.